The van der Waals surface area contributed by atoms with E-state index in [9.17, 15) is 18.0 Å². The average Bonchev–Trinajstić information content (AvgIpc) is 2.28. The molecule has 0 heterocycles. The van der Waals surface area contributed by atoms with Crippen molar-refractivity contribution < 1.29 is 22.7 Å². The van der Waals surface area contributed by atoms with Crippen LogP contribution >= 0.6 is 0 Å². The van der Waals surface area contributed by atoms with Crippen LogP contribution in [-0.2, 0) is 22.1 Å². The molecule has 0 aliphatic heterocycles. The number of hydrogen-bond donors (Lipinski definition) is 1. The molecule has 0 saturated carbocycles. The highest BCUT2D eigenvalue weighted by atomic mass is 19.4. The Morgan fingerprint density at radius 3 is 2.21 bits per heavy atom. The molecule has 106 valence electrons. The van der Waals surface area contributed by atoms with Crippen molar-refractivity contribution in [1.29, 1.82) is 0 Å². The summed E-state index contributed by atoms with van der Waals surface area (Å²) in [6.45, 7) is 3.35. The van der Waals surface area contributed by atoms with Crippen LogP contribution in [0.5, 0.6) is 0 Å². The number of hydrogen-bond acceptors (Lipinski definition) is 3. The van der Waals surface area contributed by atoms with Gasteiger partial charge in [0, 0.05) is 6.42 Å². The molecule has 0 aromatic heterocycles. The van der Waals surface area contributed by atoms with E-state index in [1.54, 1.807) is 6.92 Å². The molecule has 1 rings (SSSR count). The molecule has 0 fully saturated rings. The molecule has 6 heteroatoms. The zero-order chi connectivity index (χ0) is 14.7. The third-order valence-corrected chi connectivity index (χ3v) is 2.59. The maximum atomic E-state index is 12.4. The lowest BCUT2D eigenvalue weighted by molar-refractivity contribution is -0.149. The smallest absolute Gasteiger partial charge is 0.416 e. The number of esters is 1. The molecule has 0 saturated heterocycles. The van der Waals surface area contributed by atoms with E-state index < -0.39 is 23.2 Å². The first kappa shape index (κ1) is 15.5. The number of carbonyl (C=O) groups excluding carboxylic acids is 1. The van der Waals surface area contributed by atoms with Gasteiger partial charge in [-0.25, -0.2) is 0 Å². The van der Waals surface area contributed by atoms with Gasteiger partial charge in [0.1, 0.15) is 5.54 Å². The van der Waals surface area contributed by atoms with Crippen molar-refractivity contribution in [3.63, 3.8) is 0 Å². The zero-order valence-electron chi connectivity index (χ0n) is 10.8. The predicted octanol–water partition coefficient (Wildman–Crippen LogP) is 2.53. The van der Waals surface area contributed by atoms with Gasteiger partial charge in [-0.05, 0) is 31.5 Å². The lowest BCUT2D eigenvalue weighted by Crippen LogP contribution is -2.48. The van der Waals surface area contributed by atoms with Crippen molar-refractivity contribution in [2.45, 2.75) is 32.0 Å². The Kier molecular flexibility index (Phi) is 4.57. The van der Waals surface area contributed by atoms with Gasteiger partial charge in [0.15, 0.2) is 0 Å². The Bertz CT molecular complexity index is 438. The van der Waals surface area contributed by atoms with Gasteiger partial charge in [0.05, 0.1) is 12.2 Å². The van der Waals surface area contributed by atoms with Crippen LogP contribution in [-0.4, -0.2) is 18.1 Å². The molecule has 0 aliphatic rings. The van der Waals surface area contributed by atoms with Gasteiger partial charge >= 0.3 is 12.1 Å². The Balaban J connectivity index is 2.80. The Labute approximate surface area is 109 Å². The molecule has 0 bridgehead atoms. The van der Waals surface area contributed by atoms with Gasteiger partial charge in [0.25, 0.3) is 0 Å². The van der Waals surface area contributed by atoms with E-state index >= 15 is 0 Å². The average molecular weight is 275 g/mol. The Morgan fingerprint density at radius 2 is 1.79 bits per heavy atom. The third-order valence-electron chi connectivity index (χ3n) is 2.59. The first-order chi connectivity index (χ1) is 8.66. The second kappa shape index (κ2) is 5.61. The molecule has 19 heavy (non-hydrogen) atoms. The summed E-state index contributed by atoms with van der Waals surface area (Å²) in [5, 5.41) is 0. The summed E-state index contributed by atoms with van der Waals surface area (Å²) in [5.74, 6) is -0.574. The van der Waals surface area contributed by atoms with Gasteiger partial charge < -0.3 is 10.5 Å². The largest absolute Gasteiger partial charge is 0.465 e. The minimum Gasteiger partial charge on any atom is -0.465 e. The maximum absolute atomic E-state index is 12.4. The second-order valence-electron chi connectivity index (χ2n) is 4.51. The molecular formula is C13H16F3NO2. The number of rotatable bonds is 4. The van der Waals surface area contributed by atoms with Crippen LogP contribution in [0.3, 0.4) is 0 Å². The van der Waals surface area contributed by atoms with E-state index in [4.69, 9.17) is 10.5 Å². The summed E-state index contributed by atoms with van der Waals surface area (Å²) < 4.78 is 42.0. The minimum atomic E-state index is -4.37. The summed E-state index contributed by atoms with van der Waals surface area (Å²) in [7, 11) is 0. The van der Waals surface area contributed by atoms with Crippen LogP contribution in [0.25, 0.3) is 0 Å². The summed E-state index contributed by atoms with van der Waals surface area (Å²) >= 11 is 0. The third kappa shape index (κ3) is 4.24. The summed E-state index contributed by atoms with van der Waals surface area (Å²) in [4.78, 5) is 11.6. The van der Waals surface area contributed by atoms with Gasteiger partial charge in [-0.1, -0.05) is 12.1 Å². The summed E-state index contributed by atoms with van der Waals surface area (Å²) in [5.41, 5.74) is 4.37. The zero-order valence-corrected chi connectivity index (χ0v) is 10.8. The number of carbonyl (C=O) groups is 1. The highest BCUT2D eigenvalue weighted by Crippen LogP contribution is 2.29. The van der Waals surface area contributed by atoms with Crippen LogP contribution in [0.4, 0.5) is 13.2 Å². The standard InChI is InChI=1S/C13H16F3NO2/c1-3-19-11(18)12(2,17)8-9-4-6-10(7-5-9)13(14,15)16/h4-7H,3,8,17H2,1-2H3/t12-/m1/s1. The number of halogens is 3. The molecule has 2 N–H and O–H groups in total. The van der Waals surface area contributed by atoms with E-state index in [-0.39, 0.29) is 13.0 Å². The van der Waals surface area contributed by atoms with Crippen LogP contribution < -0.4 is 5.73 Å². The summed E-state index contributed by atoms with van der Waals surface area (Å²) in [6, 6.07) is 4.56. The molecule has 0 unspecified atom stereocenters. The van der Waals surface area contributed by atoms with E-state index in [1.165, 1.54) is 19.1 Å². The molecule has 0 radical (unpaired) electrons. The Hall–Kier alpha value is -1.56. The van der Waals surface area contributed by atoms with Gasteiger partial charge in [0.2, 0.25) is 0 Å². The number of nitrogens with two attached hydrogens (primary N) is 1. The van der Waals surface area contributed by atoms with Crippen molar-refractivity contribution in [2.24, 2.45) is 5.73 Å². The van der Waals surface area contributed by atoms with Crippen LogP contribution in [0, 0.1) is 0 Å². The van der Waals surface area contributed by atoms with Crippen LogP contribution in [0.2, 0.25) is 0 Å². The van der Waals surface area contributed by atoms with E-state index in [1.807, 2.05) is 0 Å². The fourth-order valence-electron chi connectivity index (χ4n) is 1.60. The van der Waals surface area contributed by atoms with Gasteiger partial charge in [-0.2, -0.15) is 13.2 Å². The highest BCUT2D eigenvalue weighted by molar-refractivity contribution is 5.80. The molecule has 1 aromatic carbocycles. The molecule has 0 amide bonds. The van der Waals surface area contributed by atoms with Crippen LogP contribution in [0.1, 0.15) is 25.0 Å². The normalized spacial score (nSPS) is 14.8. The van der Waals surface area contributed by atoms with Crippen molar-refractivity contribution in [2.75, 3.05) is 6.61 Å². The van der Waals surface area contributed by atoms with Crippen LogP contribution in [0.15, 0.2) is 24.3 Å². The predicted molar refractivity (Wildman–Crippen MR) is 64.4 cm³/mol. The molecular weight excluding hydrogens is 259 g/mol. The van der Waals surface area contributed by atoms with E-state index in [0.29, 0.717) is 5.56 Å². The number of ether oxygens (including phenoxy) is 1. The van der Waals surface area contributed by atoms with Gasteiger partial charge in [-0.3, -0.25) is 4.79 Å². The molecule has 3 nitrogen and oxygen atoms in total. The lowest BCUT2D eigenvalue weighted by Gasteiger charge is -2.22. The maximum Gasteiger partial charge on any atom is 0.416 e. The lowest BCUT2D eigenvalue weighted by atomic mass is 9.93. The molecule has 0 aliphatic carbocycles. The minimum absolute atomic E-state index is 0.115. The monoisotopic (exact) mass is 275 g/mol. The number of alkyl halides is 3. The van der Waals surface area contributed by atoms with E-state index in [2.05, 4.69) is 0 Å². The quantitative estimate of drug-likeness (QED) is 0.859. The summed E-state index contributed by atoms with van der Waals surface area (Å²) in [6.07, 6.45) is -4.25. The van der Waals surface area contributed by atoms with Crippen molar-refractivity contribution >= 4 is 5.97 Å². The molecule has 1 atom stereocenters. The first-order valence-corrected chi connectivity index (χ1v) is 5.79. The molecule has 1 aromatic rings. The van der Waals surface area contributed by atoms with Gasteiger partial charge in [-0.15, -0.1) is 0 Å². The fourth-order valence-corrected chi connectivity index (χ4v) is 1.60. The van der Waals surface area contributed by atoms with Crippen molar-refractivity contribution in [3.8, 4) is 0 Å². The van der Waals surface area contributed by atoms with Crippen molar-refractivity contribution in [1.82, 2.24) is 0 Å². The SMILES string of the molecule is CCOC(=O)[C@](C)(N)Cc1ccc(C(F)(F)F)cc1. The highest BCUT2D eigenvalue weighted by Gasteiger charge is 2.32. The second-order valence-corrected chi connectivity index (χ2v) is 4.51. The van der Waals surface area contributed by atoms with Crippen molar-refractivity contribution in [3.05, 3.63) is 35.4 Å². The fraction of sp³-hybridized carbons (Fsp3) is 0.462. The Morgan fingerprint density at radius 1 is 1.26 bits per heavy atom. The molecule has 0 spiro atoms. The number of benzene rings is 1. The topological polar surface area (TPSA) is 52.3 Å². The first-order valence-electron chi connectivity index (χ1n) is 5.79. The van der Waals surface area contributed by atoms with E-state index in [0.717, 1.165) is 12.1 Å².